The number of H-pyrrole nitrogens is 2. The Kier molecular flexibility index (Phi) is 4.80. The zero-order valence-electron chi connectivity index (χ0n) is 13.2. The van der Waals surface area contributed by atoms with Crippen molar-refractivity contribution >= 4 is 22.4 Å². The van der Waals surface area contributed by atoms with Gasteiger partial charge in [-0.3, -0.25) is 19.6 Å². The monoisotopic (exact) mass is 358 g/mol. The number of anilines is 1. The molecule has 3 N–H and O–H groups in total. The molecule has 0 unspecified atom stereocenters. The van der Waals surface area contributed by atoms with Crippen molar-refractivity contribution < 1.29 is 4.79 Å². The van der Waals surface area contributed by atoms with Gasteiger partial charge in [0.2, 0.25) is 11.0 Å². The minimum Gasteiger partial charge on any atom is -0.311 e. The molecule has 3 aromatic heterocycles. The van der Waals surface area contributed by atoms with Crippen molar-refractivity contribution in [3.05, 3.63) is 56.5 Å². The van der Waals surface area contributed by atoms with E-state index in [1.54, 1.807) is 25.3 Å². The molecule has 9 nitrogen and oxygen atoms in total. The van der Waals surface area contributed by atoms with Gasteiger partial charge in [-0.25, -0.2) is 4.79 Å². The molecule has 0 radical (unpaired) electrons. The van der Waals surface area contributed by atoms with Crippen LogP contribution in [0.1, 0.15) is 17.7 Å². The van der Waals surface area contributed by atoms with E-state index in [0.29, 0.717) is 27.1 Å². The van der Waals surface area contributed by atoms with Crippen LogP contribution in [-0.4, -0.2) is 31.1 Å². The number of nitrogens with zero attached hydrogens (tertiary/aromatic N) is 3. The summed E-state index contributed by atoms with van der Waals surface area (Å²) in [5.41, 5.74) is 0.459. The molecule has 0 bridgehead atoms. The molecule has 0 saturated carbocycles. The van der Waals surface area contributed by atoms with Crippen LogP contribution in [0, 0.1) is 6.92 Å². The fourth-order valence-corrected chi connectivity index (χ4v) is 2.95. The molecule has 3 aromatic rings. The number of amides is 1. The fraction of sp³-hybridized carbons (Fsp3) is 0.200. The van der Waals surface area contributed by atoms with Crippen molar-refractivity contribution in [1.82, 2.24) is 25.1 Å². The average molecular weight is 358 g/mol. The first-order valence-corrected chi connectivity index (χ1v) is 8.21. The molecule has 128 valence electrons. The van der Waals surface area contributed by atoms with Crippen molar-refractivity contribution in [3.8, 4) is 10.7 Å². The second kappa shape index (κ2) is 7.18. The van der Waals surface area contributed by atoms with Crippen molar-refractivity contribution in [2.45, 2.75) is 19.8 Å². The molecule has 0 aliphatic heterocycles. The number of aryl methyl sites for hydroxylation is 1. The van der Waals surface area contributed by atoms with Crippen LogP contribution in [0.5, 0.6) is 0 Å². The number of rotatable bonds is 5. The first-order valence-electron chi connectivity index (χ1n) is 7.40. The van der Waals surface area contributed by atoms with Crippen LogP contribution >= 0.6 is 11.3 Å². The molecule has 1 amide bonds. The molecule has 0 aliphatic carbocycles. The highest BCUT2D eigenvalue weighted by Gasteiger charge is 2.12. The second-order valence-electron chi connectivity index (χ2n) is 5.19. The van der Waals surface area contributed by atoms with E-state index < -0.39 is 11.2 Å². The highest BCUT2D eigenvalue weighted by Crippen LogP contribution is 2.24. The number of aromatic amines is 2. The van der Waals surface area contributed by atoms with Crippen molar-refractivity contribution in [3.63, 3.8) is 0 Å². The first kappa shape index (κ1) is 16.7. The first-order chi connectivity index (χ1) is 12.0. The Morgan fingerprint density at radius 3 is 2.80 bits per heavy atom. The number of hydrogen-bond donors (Lipinski definition) is 3. The summed E-state index contributed by atoms with van der Waals surface area (Å²) in [6.45, 7) is 1.62. The third kappa shape index (κ3) is 4.04. The summed E-state index contributed by atoms with van der Waals surface area (Å²) in [7, 11) is 0. The van der Waals surface area contributed by atoms with Gasteiger partial charge in [0.15, 0.2) is 5.01 Å². The maximum absolute atomic E-state index is 12.0. The number of carbonyl (C=O) groups excluding carboxylic acids is 1. The van der Waals surface area contributed by atoms with Gasteiger partial charge in [-0.1, -0.05) is 17.4 Å². The summed E-state index contributed by atoms with van der Waals surface area (Å²) < 4.78 is 0. The molecule has 25 heavy (non-hydrogen) atoms. The number of aromatic nitrogens is 5. The fourth-order valence-electron chi connectivity index (χ4n) is 2.21. The van der Waals surface area contributed by atoms with Crippen LogP contribution < -0.4 is 16.6 Å². The van der Waals surface area contributed by atoms with Gasteiger partial charge in [0.25, 0.3) is 5.56 Å². The summed E-state index contributed by atoms with van der Waals surface area (Å²) in [5.74, 6) is -0.297. The molecule has 3 rings (SSSR count). The van der Waals surface area contributed by atoms with E-state index in [4.69, 9.17) is 0 Å². The van der Waals surface area contributed by atoms with Crippen LogP contribution in [-0.2, 0) is 11.2 Å². The molecule has 0 aliphatic rings. The predicted octanol–water partition coefficient (Wildman–Crippen LogP) is 0.856. The van der Waals surface area contributed by atoms with E-state index >= 15 is 0 Å². The average Bonchev–Trinajstić information content (AvgIpc) is 3.03. The lowest BCUT2D eigenvalue weighted by Crippen LogP contribution is -2.27. The Morgan fingerprint density at radius 2 is 2.08 bits per heavy atom. The van der Waals surface area contributed by atoms with Crippen LogP contribution in [0.15, 0.2) is 34.0 Å². The molecule has 0 aromatic carbocycles. The Labute approximate surface area is 145 Å². The Bertz CT molecular complexity index is 1010. The Balaban J connectivity index is 1.63. The molecule has 0 spiro atoms. The van der Waals surface area contributed by atoms with Gasteiger partial charge in [0.05, 0.1) is 0 Å². The largest absolute Gasteiger partial charge is 0.325 e. The quantitative estimate of drug-likeness (QED) is 0.619. The van der Waals surface area contributed by atoms with Gasteiger partial charge in [0, 0.05) is 23.9 Å². The number of carbonyl (C=O) groups is 1. The Hall–Kier alpha value is -3.14. The lowest BCUT2D eigenvalue weighted by molar-refractivity contribution is -0.116. The normalized spacial score (nSPS) is 10.6. The highest BCUT2D eigenvalue weighted by molar-refractivity contribution is 7.18. The molecule has 0 atom stereocenters. The molecule has 0 fully saturated rings. The summed E-state index contributed by atoms with van der Waals surface area (Å²) in [6, 6.07) is 5.44. The van der Waals surface area contributed by atoms with Gasteiger partial charge in [-0.15, -0.1) is 10.2 Å². The van der Waals surface area contributed by atoms with E-state index in [1.807, 2.05) is 6.07 Å². The summed E-state index contributed by atoms with van der Waals surface area (Å²) in [6.07, 6.45) is 1.93. The van der Waals surface area contributed by atoms with Gasteiger partial charge < -0.3 is 10.3 Å². The summed E-state index contributed by atoms with van der Waals surface area (Å²) in [5, 5.41) is 11.5. The van der Waals surface area contributed by atoms with Crippen LogP contribution in [0.4, 0.5) is 5.13 Å². The van der Waals surface area contributed by atoms with E-state index in [0.717, 1.165) is 0 Å². The highest BCUT2D eigenvalue weighted by atomic mass is 32.1. The van der Waals surface area contributed by atoms with Gasteiger partial charge >= 0.3 is 5.69 Å². The van der Waals surface area contributed by atoms with Gasteiger partial charge in [-0.05, 0) is 25.5 Å². The van der Waals surface area contributed by atoms with E-state index in [-0.39, 0.29) is 18.7 Å². The molecule has 3 heterocycles. The third-order valence-corrected chi connectivity index (χ3v) is 4.27. The molecule has 10 heteroatoms. The number of pyridine rings is 1. The minimum atomic E-state index is -0.563. The van der Waals surface area contributed by atoms with E-state index in [2.05, 4.69) is 30.5 Å². The van der Waals surface area contributed by atoms with Crippen molar-refractivity contribution in [2.24, 2.45) is 0 Å². The molecular formula is C15H14N6O3S. The van der Waals surface area contributed by atoms with Crippen molar-refractivity contribution in [1.29, 1.82) is 0 Å². The topological polar surface area (TPSA) is 133 Å². The molecular weight excluding hydrogens is 344 g/mol. The lowest BCUT2D eigenvalue weighted by Gasteiger charge is -2.03. The predicted molar refractivity (Wildman–Crippen MR) is 92.5 cm³/mol. The zero-order chi connectivity index (χ0) is 17.8. The summed E-state index contributed by atoms with van der Waals surface area (Å²) >= 11 is 1.21. The van der Waals surface area contributed by atoms with Crippen LogP contribution in [0.2, 0.25) is 0 Å². The van der Waals surface area contributed by atoms with Crippen LogP contribution in [0.3, 0.4) is 0 Å². The maximum atomic E-state index is 12.0. The standard InChI is InChI=1S/C15H14N6O3S/c1-8-9(12(23)19-14(24)17-8)5-6-11(22)18-15-21-20-13(25-15)10-4-2-3-7-16-10/h2-4,7H,5-6H2,1H3,(H,18,21,22)(H2,17,19,23,24). The molecule has 0 saturated heterocycles. The van der Waals surface area contributed by atoms with Crippen molar-refractivity contribution in [2.75, 3.05) is 5.32 Å². The maximum Gasteiger partial charge on any atom is 0.325 e. The van der Waals surface area contributed by atoms with E-state index in [1.165, 1.54) is 11.3 Å². The Morgan fingerprint density at radius 1 is 1.24 bits per heavy atom. The van der Waals surface area contributed by atoms with Gasteiger partial charge in [-0.2, -0.15) is 0 Å². The van der Waals surface area contributed by atoms with E-state index in [9.17, 15) is 14.4 Å². The SMILES string of the molecule is Cc1[nH]c(=O)[nH]c(=O)c1CCC(=O)Nc1nnc(-c2ccccn2)s1. The second-order valence-corrected chi connectivity index (χ2v) is 6.16. The zero-order valence-corrected chi connectivity index (χ0v) is 14.0. The third-order valence-electron chi connectivity index (χ3n) is 3.41. The van der Waals surface area contributed by atoms with Crippen LogP contribution in [0.25, 0.3) is 10.7 Å². The summed E-state index contributed by atoms with van der Waals surface area (Å²) in [4.78, 5) is 43.8. The van der Waals surface area contributed by atoms with Gasteiger partial charge in [0.1, 0.15) is 5.69 Å². The number of nitrogens with one attached hydrogen (secondary N) is 3. The lowest BCUT2D eigenvalue weighted by atomic mass is 10.1. The minimum absolute atomic E-state index is 0.0778. The number of hydrogen-bond acceptors (Lipinski definition) is 7. The smallest absolute Gasteiger partial charge is 0.311 e.